The van der Waals surface area contributed by atoms with Gasteiger partial charge < -0.3 is 10.7 Å². The molecule has 3 N–H and O–H groups in total. The smallest absolute Gasteiger partial charge is 0.223 e. The molecule has 0 fully saturated rings. The molecule has 2 aromatic heterocycles. The summed E-state index contributed by atoms with van der Waals surface area (Å²) < 4.78 is 0. The lowest BCUT2D eigenvalue weighted by Crippen LogP contribution is -1.94. The molecular formula is C5H4ClN5. The summed E-state index contributed by atoms with van der Waals surface area (Å²) in [7, 11) is 0. The first-order valence-electron chi connectivity index (χ1n) is 2.89. The fourth-order valence-electron chi connectivity index (χ4n) is 0.814. The molecule has 0 spiro atoms. The van der Waals surface area contributed by atoms with Gasteiger partial charge in [-0.05, 0) is 0 Å². The Hall–Kier alpha value is -1.36. The Kier molecular flexibility index (Phi) is 1.19. The van der Waals surface area contributed by atoms with E-state index in [1.54, 1.807) is 0 Å². The quantitative estimate of drug-likeness (QED) is 0.572. The molecule has 0 aliphatic carbocycles. The van der Waals surface area contributed by atoms with Gasteiger partial charge >= 0.3 is 0 Å². The number of anilines is 1. The Morgan fingerprint density at radius 2 is 2.27 bits per heavy atom. The molecule has 6 heteroatoms. The molecule has 0 unspecified atom stereocenters. The van der Waals surface area contributed by atoms with E-state index in [1.807, 2.05) is 0 Å². The number of halogens is 1. The van der Waals surface area contributed by atoms with Gasteiger partial charge in [0.1, 0.15) is 5.52 Å². The number of nitrogen functional groups attached to an aromatic ring is 1. The van der Waals surface area contributed by atoms with Crippen molar-refractivity contribution in [2.45, 2.75) is 0 Å². The van der Waals surface area contributed by atoms with E-state index in [2.05, 4.69) is 19.9 Å². The second kappa shape index (κ2) is 2.06. The fourth-order valence-corrected chi connectivity index (χ4v) is 1.04. The van der Waals surface area contributed by atoms with Crippen LogP contribution in [0.2, 0.25) is 5.15 Å². The highest BCUT2D eigenvalue weighted by Crippen LogP contribution is 2.16. The van der Waals surface area contributed by atoms with E-state index in [-0.39, 0.29) is 5.95 Å². The minimum Gasteiger partial charge on any atom is -0.368 e. The summed E-state index contributed by atoms with van der Waals surface area (Å²) in [6.07, 6.45) is 1.49. The van der Waals surface area contributed by atoms with Crippen molar-refractivity contribution in [2.24, 2.45) is 0 Å². The molecule has 0 bridgehead atoms. The monoisotopic (exact) mass is 173 g/mol. The molecule has 0 saturated carbocycles. The van der Waals surface area contributed by atoms with E-state index in [0.717, 1.165) is 0 Å². The second-order valence-electron chi connectivity index (χ2n) is 1.97. The standard InChI is InChI=1S/C5H4ClN5/c6-3-2-4(9-1-8-2)11-5(7)10-3/h1H,(H3,7,8,9,10,11)/i2+1,3+1,4+1,5+1. The minimum absolute atomic E-state index is 0.134. The van der Waals surface area contributed by atoms with Crippen LogP contribution < -0.4 is 5.73 Å². The highest BCUT2D eigenvalue weighted by Gasteiger charge is 2.04. The number of imidazole rings is 1. The van der Waals surface area contributed by atoms with Crippen LogP contribution >= 0.6 is 11.6 Å². The number of nitrogens with one attached hydrogen (secondary N) is 1. The number of fused-ring (bicyclic) bond motifs is 1. The highest BCUT2D eigenvalue weighted by atomic mass is 35.5. The zero-order valence-corrected chi connectivity index (χ0v) is 6.13. The number of hydrogen-bond donors (Lipinski definition) is 2. The maximum absolute atomic E-state index is 5.70. The second-order valence-corrected chi connectivity index (χ2v) is 2.33. The summed E-state index contributed by atoms with van der Waals surface area (Å²) in [5.74, 6) is 0.134. The maximum atomic E-state index is 5.70. The molecule has 11 heavy (non-hydrogen) atoms. The number of nitrogens with zero attached hydrogens (tertiary/aromatic N) is 3. The van der Waals surface area contributed by atoms with Gasteiger partial charge in [0.25, 0.3) is 0 Å². The lowest BCUT2D eigenvalue weighted by Gasteiger charge is -1.92. The van der Waals surface area contributed by atoms with Crippen LogP contribution in [0.25, 0.3) is 11.2 Å². The van der Waals surface area contributed by atoms with Gasteiger partial charge in [-0.3, -0.25) is 0 Å². The highest BCUT2D eigenvalue weighted by molar-refractivity contribution is 6.33. The molecule has 5 nitrogen and oxygen atoms in total. The first-order chi connectivity index (χ1) is 5.27. The molecule has 0 atom stereocenters. The molecule has 0 radical (unpaired) electrons. The van der Waals surface area contributed by atoms with E-state index >= 15 is 0 Å². The zero-order chi connectivity index (χ0) is 7.84. The van der Waals surface area contributed by atoms with Gasteiger partial charge in [-0.25, -0.2) is 4.98 Å². The summed E-state index contributed by atoms with van der Waals surface area (Å²) in [4.78, 5) is 14.2. The van der Waals surface area contributed by atoms with Gasteiger partial charge in [0.05, 0.1) is 6.33 Å². The van der Waals surface area contributed by atoms with Crippen LogP contribution in [0.5, 0.6) is 0 Å². The van der Waals surface area contributed by atoms with E-state index in [4.69, 9.17) is 17.3 Å². The normalized spacial score (nSPS) is 10.6. The molecule has 0 amide bonds. The van der Waals surface area contributed by atoms with Crippen LogP contribution in [0.3, 0.4) is 0 Å². The van der Waals surface area contributed by atoms with E-state index in [1.165, 1.54) is 6.33 Å². The zero-order valence-electron chi connectivity index (χ0n) is 5.37. The summed E-state index contributed by atoms with van der Waals surface area (Å²) in [5, 5.41) is 0.296. The maximum Gasteiger partial charge on any atom is 0.223 e. The van der Waals surface area contributed by atoms with Crippen molar-refractivity contribution in [3.63, 3.8) is 0 Å². The molecule has 0 aromatic carbocycles. The third-order valence-electron chi connectivity index (χ3n) is 1.26. The van der Waals surface area contributed by atoms with Crippen LogP contribution in [0, 0.1) is 0 Å². The first kappa shape index (κ1) is 6.36. The lowest BCUT2D eigenvalue weighted by molar-refractivity contribution is 1.22. The van der Waals surface area contributed by atoms with Gasteiger partial charge in [-0.2, -0.15) is 9.97 Å². The molecule has 0 aliphatic rings. The third kappa shape index (κ3) is 0.894. The van der Waals surface area contributed by atoms with Crippen molar-refractivity contribution in [2.75, 3.05) is 5.73 Å². The molecule has 2 heterocycles. The average Bonchev–Trinajstić information content (AvgIpc) is 2.34. The summed E-state index contributed by atoms with van der Waals surface area (Å²) >= 11 is 5.70. The van der Waals surface area contributed by atoms with Crippen LogP contribution in [0.1, 0.15) is 0 Å². The molecule has 0 saturated heterocycles. The fraction of sp³-hybridized carbons (Fsp3) is 0. The number of hydrogen-bond acceptors (Lipinski definition) is 4. The Bertz CT molecular complexity index is 395. The number of rotatable bonds is 0. The van der Waals surface area contributed by atoms with Gasteiger partial charge in [0.15, 0.2) is 10.8 Å². The van der Waals surface area contributed by atoms with Crippen molar-refractivity contribution in [1.82, 2.24) is 19.9 Å². The molecule has 2 rings (SSSR count). The van der Waals surface area contributed by atoms with Crippen molar-refractivity contribution >= 4 is 28.7 Å². The van der Waals surface area contributed by atoms with Crippen molar-refractivity contribution in [3.05, 3.63) is 11.5 Å². The topological polar surface area (TPSA) is 80.5 Å². The third-order valence-corrected chi connectivity index (χ3v) is 1.53. The Labute approximate surface area is 66.6 Å². The Balaban J connectivity index is 2.91. The van der Waals surface area contributed by atoms with E-state index < -0.39 is 0 Å². The molecule has 0 aliphatic heterocycles. The predicted octanol–water partition coefficient (Wildman–Crippen LogP) is 0.588. The van der Waals surface area contributed by atoms with E-state index in [9.17, 15) is 0 Å². The summed E-state index contributed by atoms with van der Waals surface area (Å²) in [5.41, 5.74) is 6.42. The number of nitrogens with two attached hydrogens (primary N) is 1. The first-order valence-corrected chi connectivity index (χ1v) is 3.27. The van der Waals surface area contributed by atoms with Crippen LogP contribution in [0.15, 0.2) is 6.33 Å². The molecule has 56 valence electrons. The Morgan fingerprint density at radius 3 is 3.09 bits per heavy atom. The van der Waals surface area contributed by atoms with Crippen LogP contribution in [0.4, 0.5) is 5.95 Å². The minimum atomic E-state index is 0.134. The number of aromatic amines is 1. The number of H-pyrrole nitrogens is 1. The summed E-state index contributed by atoms with van der Waals surface area (Å²) in [6.45, 7) is 0. The van der Waals surface area contributed by atoms with Gasteiger partial charge in [-0.1, -0.05) is 11.6 Å². The van der Waals surface area contributed by atoms with Crippen LogP contribution in [-0.4, -0.2) is 19.9 Å². The van der Waals surface area contributed by atoms with Gasteiger partial charge in [0.2, 0.25) is 5.95 Å². The molecular weight excluding hydrogens is 170 g/mol. The largest absolute Gasteiger partial charge is 0.368 e. The van der Waals surface area contributed by atoms with Crippen molar-refractivity contribution in [1.29, 1.82) is 0 Å². The van der Waals surface area contributed by atoms with Gasteiger partial charge in [0, 0.05) is 0 Å². The van der Waals surface area contributed by atoms with Crippen LogP contribution in [-0.2, 0) is 0 Å². The number of aromatic nitrogens is 4. The van der Waals surface area contributed by atoms with E-state index in [0.29, 0.717) is 16.3 Å². The molecule has 2 aromatic rings. The lowest BCUT2D eigenvalue weighted by atomic mass is 11.4. The predicted molar refractivity (Wildman–Crippen MR) is 41.1 cm³/mol. The van der Waals surface area contributed by atoms with Crippen molar-refractivity contribution < 1.29 is 0 Å². The summed E-state index contributed by atoms with van der Waals surface area (Å²) in [6, 6.07) is 0. The average molecular weight is 174 g/mol. The van der Waals surface area contributed by atoms with Crippen molar-refractivity contribution in [3.8, 4) is 0 Å². The van der Waals surface area contributed by atoms with Gasteiger partial charge in [-0.15, -0.1) is 0 Å². The SMILES string of the molecule is N[13c]1n[13c](Cl)[13c]2[nH]cn[13c]2n1. The Morgan fingerprint density at radius 1 is 1.45 bits per heavy atom.